The third kappa shape index (κ3) is 2.73. The van der Waals surface area contributed by atoms with Crippen LogP contribution in [-0.2, 0) is 6.54 Å². The molecule has 2 aromatic rings. The highest BCUT2D eigenvalue weighted by atomic mass is 79.9. The van der Waals surface area contributed by atoms with Crippen LogP contribution in [0, 0.1) is 0 Å². The Balaban J connectivity index is 2.02. The van der Waals surface area contributed by atoms with E-state index in [1.165, 1.54) is 4.88 Å². The molecule has 0 saturated carbocycles. The molecular weight excluding hydrogens is 272 g/mol. The van der Waals surface area contributed by atoms with Crippen molar-refractivity contribution in [1.82, 2.24) is 0 Å². The van der Waals surface area contributed by atoms with E-state index in [9.17, 15) is 0 Å². The Morgan fingerprint density at radius 1 is 1.33 bits per heavy atom. The Hall–Kier alpha value is -1.000. The van der Waals surface area contributed by atoms with Crippen LogP contribution in [0.5, 0.6) is 0 Å². The molecule has 2 nitrogen and oxygen atoms in total. The summed E-state index contributed by atoms with van der Waals surface area (Å²) >= 11 is 5.16. The summed E-state index contributed by atoms with van der Waals surface area (Å²) in [6, 6.07) is 9.90. The van der Waals surface area contributed by atoms with Gasteiger partial charge < -0.3 is 11.1 Å². The van der Waals surface area contributed by atoms with Gasteiger partial charge in [0.25, 0.3) is 0 Å². The van der Waals surface area contributed by atoms with Crippen LogP contribution in [0.1, 0.15) is 4.88 Å². The van der Waals surface area contributed by atoms with Crippen LogP contribution in [-0.4, -0.2) is 0 Å². The molecule has 2 rings (SSSR count). The molecule has 1 aromatic heterocycles. The highest BCUT2D eigenvalue weighted by Crippen LogP contribution is 2.22. The number of para-hydroxylation sites is 2. The Morgan fingerprint density at radius 3 is 2.80 bits per heavy atom. The van der Waals surface area contributed by atoms with E-state index in [-0.39, 0.29) is 0 Å². The van der Waals surface area contributed by atoms with Gasteiger partial charge in [-0.25, -0.2) is 0 Å². The van der Waals surface area contributed by atoms with Gasteiger partial charge in [-0.1, -0.05) is 12.1 Å². The fourth-order valence-corrected chi connectivity index (χ4v) is 2.68. The molecule has 4 heteroatoms. The lowest BCUT2D eigenvalue weighted by molar-refractivity contribution is 1.19. The van der Waals surface area contributed by atoms with Crippen LogP contribution in [0.25, 0.3) is 0 Å². The molecule has 0 saturated heterocycles. The number of rotatable bonds is 3. The molecule has 0 unspecified atom stereocenters. The third-order valence-corrected chi connectivity index (χ3v) is 3.73. The number of nitrogen functional groups attached to an aromatic ring is 1. The van der Waals surface area contributed by atoms with E-state index in [1.807, 2.05) is 24.3 Å². The Labute approximate surface area is 101 Å². The van der Waals surface area contributed by atoms with Crippen molar-refractivity contribution in [1.29, 1.82) is 0 Å². The minimum absolute atomic E-state index is 0.785. The second-order valence-corrected chi connectivity index (χ2v) is 5.08. The lowest BCUT2D eigenvalue weighted by Crippen LogP contribution is -2.00. The maximum atomic E-state index is 5.82. The van der Waals surface area contributed by atoms with Crippen LogP contribution >= 0.6 is 27.3 Å². The minimum Gasteiger partial charge on any atom is -0.397 e. The standard InChI is InChI=1S/C11H11BrN2S/c12-8-5-9(15-7-8)6-14-11-4-2-1-3-10(11)13/h1-5,7,14H,6,13H2. The average Bonchev–Trinajstić information content (AvgIpc) is 2.63. The summed E-state index contributed by atoms with van der Waals surface area (Å²) < 4.78 is 1.13. The van der Waals surface area contributed by atoms with Crippen molar-refractivity contribution in [2.24, 2.45) is 0 Å². The van der Waals surface area contributed by atoms with Crippen molar-refractivity contribution < 1.29 is 0 Å². The first kappa shape index (κ1) is 10.5. The van der Waals surface area contributed by atoms with E-state index in [0.717, 1.165) is 22.4 Å². The Kier molecular flexibility index (Phi) is 3.28. The summed E-state index contributed by atoms with van der Waals surface area (Å²) in [4.78, 5) is 1.28. The molecule has 0 amide bonds. The highest BCUT2D eigenvalue weighted by Gasteiger charge is 1.99. The van der Waals surface area contributed by atoms with Gasteiger partial charge in [0.15, 0.2) is 0 Å². The van der Waals surface area contributed by atoms with Gasteiger partial charge in [0.2, 0.25) is 0 Å². The molecular formula is C11H11BrN2S. The molecule has 0 aliphatic heterocycles. The fraction of sp³-hybridized carbons (Fsp3) is 0.0909. The number of benzene rings is 1. The first-order chi connectivity index (χ1) is 7.25. The number of nitrogens with two attached hydrogens (primary N) is 1. The number of hydrogen-bond donors (Lipinski definition) is 2. The number of anilines is 2. The lowest BCUT2D eigenvalue weighted by Gasteiger charge is -2.07. The van der Waals surface area contributed by atoms with Crippen LogP contribution < -0.4 is 11.1 Å². The summed E-state index contributed by atoms with van der Waals surface area (Å²) in [5, 5.41) is 5.38. The molecule has 0 spiro atoms. The second-order valence-electron chi connectivity index (χ2n) is 3.17. The molecule has 3 N–H and O–H groups in total. The van der Waals surface area contributed by atoms with E-state index < -0.39 is 0 Å². The van der Waals surface area contributed by atoms with Gasteiger partial charge in [0, 0.05) is 21.3 Å². The van der Waals surface area contributed by atoms with Gasteiger partial charge in [0.1, 0.15) is 0 Å². The van der Waals surface area contributed by atoms with E-state index in [1.54, 1.807) is 11.3 Å². The van der Waals surface area contributed by atoms with Crippen LogP contribution in [0.4, 0.5) is 11.4 Å². The molecule has 78 valence electrons. The average molecular weight is 283 g/mol. The second kappa shape index (κ2) is 4.68. The van der Waals surface area contributed by atoms with E-state index >= 15 is 0 Å². The van der Waals surface area contributed by atoms with Gasteiger partial charge in [-0.15, -0.1) is 11.3 Å². The summed E-state index contributed by atoms with van der Waals surface area (Å²) in [7, 11) is 0. The molecule has 0 aliphatic rings. The third-order valence-electron chi connectivity index (χ3n) is 2.04. The predicted molar refractivity (Wildman–Crippen MR) is 70.2 cm³/mol. The summed E-state index contributed by atoms with van der Waals surface area (Å²) in [6.07, 6.45) is 0. The van der Waals surface area contributed by atoms with Crippen LogP contribution in [0.15, 0.2) is 40.2 Å². The molecule has 0 fully saturated rings. The molecule has 0 atom stereocenters. The normalized spacial score (nSPS) is 10.2. The van der Waals surface area contributed by atoms with Crippen molar-refractivity contribution in [3.05, 3.63) is 45.1 Å². The zero-order valence-corrected chi connectivity index (χ0v) is 10.4. The van der Waals surface area contributed by atoms with Gasteiger partial charge in [-0.05, 0) is 34.1 Å². The zero-order valence-electron chi connectivity index (χ0n) is 8.03. The molecule has 0 bridgehead atoms. The van der Waals surface area contributed by atoms with Gasteiger partial charge >= 0.3 is 0 Å². The maximum absolute atomic E-state index is 5.82. The quantitative estimate of drug-likeness (QED) is 0.843. The van der Waals surface area contributed by atoms with Crippen molar-refractivity contribution in [2.45, 2.75) is 6.54 Å². The number of halogens is 1. The van der Waals surface area contributed by atoms with Crippen LogP contribution in [0.2, 0.25) is 0 Å². The number of hydrogen-bond acceptors (Lipinski definition) is 3. The fourth-order valence-electron chi connectivity index (χ4n) is 1.29. The molecule has 0 aliphatic carbocycles. The van der Waals surface area contributed by atoms with Gasteiger partial charge in [-0.2, -0.15) is 0 Å². The van der Waals surface area contributed by atoms with Crippen LogP contribution in [0.3, 0.4) is 0 Å². The van der Waals surface area contributed by atoms with Gasteiger partial charge in [-0.3, -0.25) is 0 Å². The number of nitrogens with one attached hydrogen (secondary N) is 1. The topological polar surface area (TPSA) is 38.0 Å². The first-order valence-electron chi connectivity index (χ1n) is 4.57. The van der Waals surface area contributed by atoms with Crippen molar-refractivity contribution >= 4 is 38.6 Å². The molecule has 1 aromatic carbocycles. The predicted octanol–water partition coefficient (Wildman–Crippen LogP) is 3.70. The Morgan fingerprint density at radius 2 is 2.13 bits per heavy atom. The van der Waals surface area contributed by atoms with E-state index in [2.05, 4.69) is 32.7 Å². The SMILES string of the molecule is Nc1ccccc1NCc1cc(Br)cs1. The zero-order chi connectivity index (χ0) is 10.7. The summed E-state index contributed by atoms with van der Waals surface area (Å²) in [5.41, 5.74) is 7.59. The number of thiophene rings is 1. The summed E-state index contributed by atoms with van der Waals surface area (Å²) in [6.45, 7) is 0.810. The molecule has 1 heterocycles. The van der Waals surface area contributed by atoms with Crippen molar-refractivity contribution in [3.8, 4) is 0 Å². The maximum Gasteiger partial charge on any atom is 0.0576 e. The summed E-state index contributed by atoms with van der Waals surface area (Å²) in [5.74, 6) is 0. The van der Waals surface area contributed by atoms with Crippen molar-refractivity contribution in [3.63, 3.8) is 0 Å². The van der Waals surface area contributed by atoms with Gasteiger partial charge in [0.05, 0.1) is 11.4 Å². The van der Waals surface area contributed by atoms with E-state index in [0.29, 0.717) is 0 Å². The highest BCUT2D eigenvalue weighted by molar-refractivity contribution is 9.10. The first-order valence-corrected chi connectivity index (χ1v) is 6.24. The molecule has 0 radical (unpaired) electrons. The largest absolute Gasteiger partial charge is 0.397 e. The van der Waals surface area contributed by atoms with Crippen molar-refractivity contribution in [2.75, 3.05) is 11.1 Å². The smallest absolute Gasteiger partial charge is 0.0576 e. The Bertz CT molecular complexity index is 453. The monoisotopic (exact) mass is 282 g/mol. The lowest BCUT2D eigenvalue weighted by atomic mass is 10.2. The minimum atomic E-state index is 0.785. The van der Waals surface area contributed by atoms with E-state index in [4.69, 9.17) is 5.73 Å². The molecule has 15 heavy (non-hydrogen) atoms.